The van der Waals surface area contributed by atoms with Gasteiger partial charge in [0.1, 0.15) is 0 Å². The van der Waals surface area contributed by atoms with Gasteiger partial charge in [-0.15, -0.1) is 0 Å². The van der Waals surface area contributed by atoms with Crippen molar-refractivity contribution in [2.45, 2.75) is 11.0 Å². The maximum absolute atomic E-state index is 13.3. The molecule has 0 aliphatic carbocycles. The molecule has 0 aromatic heterocycles. The van der Waals surface area contributed by atoms with Crippen molar-refractivity contribution in [1.29, 1.82) is 0 Å². The Morgan fingerprint density at radius 3 is 2.23 bits per heavy atom. The lowest BCUT2D eigenvalue weighted by atomic mass is 10.1. The van der Waals surface area contributed by atoms with Gasteiger partial charge in [-0.2, -0.15) is 0 Å². The minimum Gasteiger partial charge on any atom is -0.387 e. The number of halogens is 3. The van der Waals surface area contributed by atoms with Crippen molar-refractivity contribution < 1.29 is 27.1 Å². The van der Waals surface area contributed by atoms with E-state index in [1.165, 1.54) is 24.3 Å². The highest BCUT2D eigenvalue weighted by molar-refractivity contribution is 7.92. The molecule has 0 spiro atoms. The third-order valence-corrected chi connectivity index (χ3v) is 5.94. The van der Waals surface area contributed by atoms with Gasteiger partial charge in [-0.25, -0.2) is 17.2 Å². The summed E-state index contributed by atoms with van der Waals surface area (Å²) in [5, 5.41) is 13.2. The number of carbonyl (C=O) groups excluding carboxylic acids is 1. The first-order valence-electron chi connectivity index (χ1n) is 8.95. The van der Waals surface area contributed by atoms with Crippen molar-refractivity contribution in [2.75, 3.05) is 11.3 Å². The molecule has 3 aromatic rings. The van der Waals surface area contributed by atoms with Crippen LogP contribution in [0.5, 0.6) is 0 Å². The van der Waals surface area contributed by atoms with Gasteiger partial charge in [-0.1, -0.05) is 23.7 Å². The highest BCUT2D eigenvalue weighted by atomic mass is 35.5. The molecule has 0 fully saturated rings. The molecule has 3 aromatic carbocycles. The number of amides is 1. The van der Waals surface area contributed by atoms with Gasteiger partial charge in [0.25, 0.3) is 15.9 Å². The SMILES string of the molecule is O=C(NCC(O)c1ccc(Cl)cc1)c1ccc(NS(=O)(=O)c2ccc(F)c(F)c2)cc1. The standard InChI is InChI=1S/C21H17ClF2N2O4S/c22-15-5-1-13(2-6-15)20(27)12-25-21(28)14-3-7-16(8-4-14)26-31(29,30)17-9-10-18(23)19(24)11-17/h1-11,20,26-27H,12H2,(H,25,28). The molecule has 0 aliphatic rings. The number of rotatable bonds is 7. The fourth-order valence-corrected chi connectivity index (χ4v) is 3.84. The Balaban J connectivity index is 1.61. The molecule has 0 heterocycles. The molecule has 3 N–H and O–H groups in total. The second-order valence-electron chi connectivity index (χ2n) is 6.54. The third kappa shape index (κ3) is 5.78. The molecule has 1 atom stereocenters. The number of nitrogens with one attached hydrogen (secondary N) is 2. The van der Waals surface area contributed by atoms with Gasteiger partial charge in [-0.3, -0.25) is 9.52 Å². The maximum Gasteiger partial charge on any atom is 0.261 e. The minimum atomic E-state index is -4.14. The van der Waals surface area contributed by atoms with E-state index in [1.54, 1.807) is 24.3 Å². The van der Waals surface area contributed by atoms with E-state index < -0.39 is 38.6 Å². The number of hydrogen-bond donors (Lipinski definition) is 3. The van der Waals surface area contributed by atoms with Gasteiger partial charge in [0.05, 0.1) is 11.0 Å². The maximum atomic E-state index is 13.3. The predicted octanol–water partition coefficient (Wildman–Crippen LogP) is 3.88. The van der Waals surface area contributed by atoms with E-state index in [0.29, 0.717) is 16.7 Å². The lowest BCUT2D eigenvalue weighted by molar-refractivity contribution is 0.0916. The predicted molar refractivity (Wildman–Crippen MR) is 112 cm³/mol. The number of hydrogen-bond acceptors (Lipinski definition) is 4. The summed E-state index contributed by atoms with van der Waals surface area (Å²) < 4.78 is 53.1. The Kier molecular flexibility index (Phi) is 6.89. The molecule has 0 saturated carbocycles. The fourth-order valence-electron chi connectivity index (χ4n) is 2.64. The Bertz CT molecular complexity index is 1190. The number of benzene rings is 3. The average Bonchev–Trinajstić information content (AvgIpc) is 2.74. The van der Waals surface area contributed by atoms with E-state index in [9.17, 15) is 27.1 Å². The first kappa shape index (κ1) is 22.7. The van der Waals surface area contributed by atoms with Crippen molar-refractivity contribution in [3.05, 3.63) is 94.5 Å². The Morgan fingerprint density at radius 2 is 1.61 bits per heavy atom. The molecule has 0 saturated heterocycles. The monoisotopic (exact) mass is 466 g/mol. The largest absolute Gasteiger partial charge is 0.387 e. The van der Waals surface area contributed by atoms with Crippen molar-refractivity contribution in [3.63, 3.8) is 0 Å². The van der Waals surface area contributed by atoms with Crippen LogP contribution in [0, 0.1) is 11.6 Å². The van der Waals surface area contributed by atoms with Crippen LogP contribution in [0.15, 0.2) is 71.6 Å². The first-order valence-corrected chi connectivity index (χ1v) is 10.8. The quantitative estimate of drug-likeness (QED) is 0.492. The number of carbonyl (C=O) groups is 1. The zero-order chi connectivity index (χ0) is 22.6. The summed E-state index contributed by atoms with van der Waals surface area (Å²) in [6, 6.07) is 14.2. The second-order valence-corrected chi connectivity index (χ2v) is 8.65. The van der Waals surface area contributed by atoms with Gasteiger partial charge in [0.15, 0.2) is 11.6 Å². The second kappa shape index (κ2) is 9.42. The molecule has 1 amide bonds. The molecule has 0 radical (unpaired) electrons. The summed E-state index contributed by atoms with van der Waals surface area (Å²) >= 11 is 5.80. The molecule has 6 nitrogen and oxygen atoms in total. The molecule has 0 bridgehead atoms. The highest BCUT2D eigenvalue weighted by Crippen LogP contribution is 2.19. The number of aliphatic hydroxyl groups excluding tert-OH is 1. The summed E-state index contributed by atoms with van der Waals surface area (Å²) in [7, 11) is -4.14. The lowest BCUT2D eigenvalue weighted by Gasteiger charge is -2.13. The molecular formula is C21H17ClF2N2O4S. The van der Waals surface area contributed by atoms with Crippen molar-refractivity contribution >= 4 is 33.2 Å². The summed E-state index contributed by atoms with van der Waals surface area (Å²) in [6.07, 6.45) is -0.927. The Labute approximate surface area is 182 Å². The number of anilines is 1. The topological polar surface area (TPSA) is 95.5 Å². The van der Waals surface area contributed by atoms with Crippen LogP contribution in [-0.2, 0) is 10.0 Å². The molecular weight excluding hydrogens is 450 g/mol. The van der Waals surface area contributed by atoms with E-state index in [-0.39, 0.29) is 17.8 Å². The zero-order valence-electron chi connectivity index (χ0n) is 15.8. The summed E-state index contributed by atoms with van der Waals surface area (Å²) in [4.78, 5) is 11.8. The summed E-state index contributed by atoms with van der Waals surface area (Å²) in [5.74, 6) is -2.91. The smallest absolute Gasteiger partial charge is 0.261 e. The van der Waals surface area contributed by atoms with Gasteiger partial charge in [0, 0.05) is 22.8 Å². The molecule has 3 rings (SSSR count). The van der Waals surface area contributed by atoms with Gasteiger partial charge >= 0.3 is 0 Å². The Morgan fingerprint density at radius 1 is 0.968 bits per heavy atom. The molecule has 162 valence electrons. The van der Waals surface area contributed by atoms with Crippen molar-refractivity contribution in [3.8, 4) is 0 Å². The number of aliphatic hydroxyl groups is 1. The van der Waals surface area contributed by atoms with Crippen LogP contribution in [0.3, 0.4) is 0 Å². The van der Waals surface area contributed by atoms with Gasteiger partial charge in [-0.05, 0) is 60.2 Å². The van der Waals surface area contributed by atoms with E-state index >= 15 is 0 Å². The van der Waals surface area contributed by atoms with Gasteiger partial charge < -0.3 is 10.4 Å². The van der Waals surface area contributed by atoms with E-state index in [1.807, 2.05) is 0 Å². The van der Waals surface area contributed by atoms with E-state index in [4.69, 9.17) is 11.6 Å². The van der Waals surface area contributed by atoms with Crippen LogP contribution in [-0.4, -0.2) is 26.0 Å². The third-order valence-electron chi connectivity index (χ3n) is 4.31. The normalized spacial score (nSPS) is 12.3. The lowest BCUT2D eigenvalue weighted by Crippen LogP contribution is -2.28. The van der Waals surface area contributed by atoms with Crippen LogP contribution in [0.25, 0.3) is 0 Å². The van der Waals surface area contributed by atoms with E-state index in [0.717, 1.165) is 12.1 Å². The van der Waals surface area contributed by atoms with Crippen LogP contribution in [0.4, 0.5) is 14.5 Å². The zero-order valence-corrected chi connectivity index (χ0v) is 17.4. The average molecular weight is 467 g/mol. The number of sulfonamides is 1. The fraction of sp³-hybridized carbons (Fsp3) is 0.0952. The summed E-state index contributed by atoms with van der Waals surface area (Å²) in [5.41, 5.74) is 0.952. The van der Waals surface area contributed by atoms with Crippen molar-refractivity contribution in [1.82, 2.24) is 5.32 Å². The molecule has 1 unspecified atom stereocenters. The summed E-state index contributed by atoms with van der Waals surface area (Å²) in [6.45, 7) is -0.0367. The van der Waals surface area contributed by atoms with Gasteiger partial charge in [0.2, 0.25) is 0 Å². The van der Waals surface area contributed by atoms with Crippen LogP contribution < -0.4 is 10.0 Å². The minimum absolute atomic E-state index is 0.0367. The van der Waals surface area contributed by atoms with Crippen molar-refractivity contribution in [2.24, 2.45) is 0 Å². The first-order chi connectivity index (χ1) is 14.7. The molecule has 31 heavy (non-hydrogen) atoms. The Hall–Kier alpha value is -3.01. The molecule has 0 aliphatic heterocycles. The molecule has 10 heteroatoms. The van der Waals surface area contributed by atoms with Crippen LogP contribution in [0.2, 0.25) is 5.02 Å². The highest BCUT2D eigenvalue weighted by Gasteiger charge is 2.17. The van der Waals surface area contributed by atoms with Crippen LogP contribution >= 0.6 is 11.6 Å². The van der Waals surface area contributed by atoms with E-state index in [2.05, 4.69) is 10.0 Å². The van der Waals surface area contributed by atoms with Crippen LogP contribution in [0.1, 0.15) is 22.0 Å².